The predicted octanol–water partition coefficient (Wildman–Crippen LogP) is 3.86. The van der Waals surface area contributed by atoms with Crippen LogP contribution in [0, 0.1) is 5.41 Å². The number of nitrogens with zero attached hydrogens (tertiary/aromatic N) is 1. The van der Waals surface area contributed by atoms with Crippen LogP contribution < -0.4 is 10.6 Å². The molecule has 0 aromatic carbocycles. The van der Waals surface area contributed by atoms with E-state index in [1.165, 1.54) is 17.7 Å². The van der Waals surface area contributed by atoms with Gasteiger partial charge in [-0.15, -0.1) is 35.3 Å². The Morgan fingerprint density at radius 2 is 2.05 bits per heavy atom. The van der Waals surface area contributed by atoms with Crippen LogP contribution in [0.5, 0.6) is 0 Å². The van der Waals surface area contributed by atoms with E-state index in [2.05, 4.69) is 53.9 Å². The Morgan fingerprint density at radius 3 is 2.58 bits per heavy atom. The molecule has 0 unspecified atom stereocenters. The summed E-state index contributed by atoms with van der Waals surface area (Å²) in [5.41, 5.74) is 0.412. The van der Waals surface area contributed by atoms with E-state index < -0.39 is 0 Å². The van der Waals surface area contributed by atoms with Crippen LogP contribution in [-0.4, -0.2) is 19.6 Å². The third-order valence-corrected chi connectivity index (χ3v) is 3.51. The Hall–Kier alpha value is -0.300. The topological polar surface area (TPSA) is 36.4 Å². The highest BCUT2D eigenvalue weighted by atomic mass is 127. The summed E-state index contributed by atoms with van der Waals surface area (Å²) < 4.78 is 0. The van der Waals surface area contributed by atoms with Crippen LogP contribution >= 0.6 is 35.3 Å². The molecule has 0 bridgehead atoms. The van der Waals surface area contributed by atoms with Crippen LogP contribution in [0.3, 0.4) is 0 Å². The van der Waals surface area contributed by atoms with Crippen molar-refractivity contribution in [2.45, 2.75) is 40.2 Å². The number of aliphatic imine (C=N–C) groups is 1. The zero-order valence-electron chi connectivity index (χ0n) is 12.3. The maximum absolute atomic E-state index is 4.22. The van der Waals surface area contributed by atoms with Crippen molar-refractivity contribution in [1.29, 1.82) is 0 Å². The van der Waals surface area contributed by atoms with E-state index in [-0.39, 0.29) is 24.0 Å². The molecule has 0 amide bonds. The van der Waals surface area contributed by atoms with Crippen LogP contribution in [0.25, 0.3) is 0 Å². The lowest BCUT2D eigenvalue weighted by molar-refractivity contribution is 0.365. The largest absolute Gasteiger partial charge is 0.356 e. The Labute approximate surface area is 138 Å². The molecule has 0 atom stereocenters. The minimum atomic E-state index is 0. The fourth-order valence-corrected chi connectivity index (χ4v) is 2.27. The summed E-state index contributed by atoms with van der Waals surface area (Å²) in [5, 5.41) is 8.76. The molecule has 2 N–H and O–H groups in total. The van der Waals surface area contributed by atoms with Crippen LogP contribution in [-0.2, 0) is 6.54 Å². The highest BCUT2D eigenvalue weighted by Crippen LogP contribution is 2.19. The number of guanidine groups is 1. The number of nitrogens with one attached hydrogen (secondary N) is 2. The second kappa shape index (κ2) is 9.58. The lowest BCUT2D eigenvalue weighted by Gasteiger charge is -2.18. The molecule has 19 heavy (non-hydrogen) atoms. The van der Waals surface area contributed by atoms with Gasteiger partial charge in [0.25, 0.3) is 0 Å². The molecule has 5 heteroatoms. The van der Waals surface area contributed by atoms with Crippen molar-refractivity contribution in [2.75, 3.05) is 13.6 Å². The SMILES string of the molecule is CN=C(NCCCC(C)(C)C)NCc1cccs1.I. The van der Waals surface area contributed by atoms with E-state index in [1.54, 1.807) is 11.3 Å². The summed E-state index contributed by atoms with van der Waals surface area (Å²) in [6.45, 7) is 8.64. The first-order valence-corrected chi connectivity index (χ1v) is 7.36. The monoisotopic (exact) mass is 395 g/mol. The molecule has 110 valence electrons. The third-order valence-electron chi connectivity index (χ3n) is 2.63. The Balaban J connectivity index is 0.00000324. The molecule has 0 spiro atoms. The number of halogens is 1. The Bertz CT molecular complexity index is 355. The lowest BCUT2D eigenvalue weighted by atomic mass is 9.91. The van der Waals surface area contributed by atoms with Gasteiger partial charge in [0.1, 0.15) is 0 Å². The highest BCUT2D eigenvalue weighted by Gasteiger charge is 2.09. The summed E-state index contributed by atoms with van der Waals surface area (Å²) >= 11 is 1.76. The molecule has 1 heterocycles. The molecule has 0 saturated carbocycles. The first-order chi connectivity index (χ1) is 8.51. The fraction of sp³-hybridized carbons (Fsp3) is 0.643. The van der Waals surface area contributed by atoms with Gasteiger partial charge in [-0.1, -0.05) is 26.8 Å². The quantitative estimate of drug-likeness (QED) is 0.344. The number of hydrogen-bond acceptors (Lipinski definition) is 2. The van der Waals surface area contributed by atoms with Crippen LogP contribution in [0.2, 0.25) is 0 Å². The smallest absolute Gasteiger partial charge is 0.191 e. The Kier molecular flexibility index (Phi) is 9.43. The van der Waals surface area contributed by atoms with Crippen molar-refractivity contribution < 1.29 is 0 Å². The minimum absolute atomic E-state index is 0. The van der Waals surface area contributed by atoms with E-state index >= 15 is 0 Å². The molecule has 0 aliphatic heterocycles. The van der Waals surface area contributed by atoms with Crippen LogP contribution in [0.4, 0.5) is 0 Å². The van der Waals surface area contributed by atoms with Gasteiger partial charge in [-0.3, -0.25) is 4.99 Å². The molecule has 0 aliphatic carbocycles. The van der Waals surface area contributed by atoms with Gasteiger partial charge < -0.3 is 10.6 Å². The maximum atomic E-state index is 4.22. The predicted molar refractivity (Wildman–Crippen MR) is 96.6 cm³/mol. The van der Waals surface area contributed by atoms with Gasteiger partial charge in [-0.25, -0.2) is 0 Å². The Morgan fingerprint density at radius 1 is 1.32 bits per heavy atom. The minimum Gasteiger partial charge on any atom is -0.356 e. The van der Waals surface area contributed by atoms with Crippen LogP contribution in [0.15, 0.2) is 22.5 Å². The summed E-state index contributed by atoms with van der Waals surface area (Å²) in [5.74, 6) is 0.886. The molecular weight excluding hydrogens is 369 g/mol. The van der Waals surface area contributed by atoms with Crippen molar-refractivity contribution in [3.8, 4) is 0 Å². The molecule has 3 nitrogen and oxygen atoms in total. The molecule has 1 aromatic rings. The van der Waals surface area contributed by atoms with E-state index in [4.69, 9.17) is 0 Å². The lowest BCUT2D eigenvalue weighted by Crippen LogP contribution is -2.37. The van der Waals surface area contributed by atoms with Crippen molar-refractivity contribution >= 4 is 41.3 Å². The maximum Gasteiger partial charge on any atom is 0.191 e. The van der Waals surface area contributed by atoms with Gasteiger partial charge in [0.15, 0.2) is 5.96 Å². The van der Waals surface area contributed by atoms with Crippen molar-refractivity contribution in [1.82, 2.24) is 10.6 Å². The molecule has 0 radical (unpaired) electrons. The zero-order valence-corrected chi connectivity index (χ0v) is 15.5. The van der Waals surface area contributed by atoms with E-state index in [0.29, 0.717) is 5.41 Å². The average Bonchev–Trinajstić information content (AvgIpc) is 2.79. The molecule has 1 aromatic heterocycles. The van der Waals surface area contributed by atoms with E-state index in [1.807, 2.05) is 7.05 Å². The molecular formula is C14H26IN3S. The standard InChI is InChI=1S/C14H25N3S.HI/c1-14(2,3)8-6-9-16-13(15-4)17-11-12-7-5-10-18-12;/h5,7,10H,6,8-9,11H2,1-4H3,(H2,15,16,17);1H. The molecule has 1 rings (SSSR count). The summed E-state index contributed by atoms with van der Waals surface area (Å²) in [4.78, 5) is 5.55. The number of hydrogen-bond donors (Lipinski definition) is 2. The van der Waals surface area contributed by atoms with Gasteiger partial charge in [-0.05, 0) is 29.7 Å². The second-order valence-corrected chi connectivity index (χ2v) is 6.63. The van der Waals surface area contributed by atoms with Crippen LogP contribution in [0.1, 0.15) is 38.5 Å². The van der Waals surface area contributed by atoms with E-state index in [0.717, 1.165) is 19.0 Å². The fourth-order valence-electron chi connectivity index (χ4n) is 1.63. The number of rotatable bonds is 5. The highest BCUT2D eigenvalue weighted by molar-refractivity contribution is 14.0. The van der Waals surface area contributed by atoms with Gasteiger partial charge in [0.2, 0.25) is 0 Å². The third kappa shape index (κ3) is 9.27. The summed E-state index contributed by atoms with van der Waals surface area (Å²) in [6.07, 6.45) is 2.39. The number of thiophene rings is 1. The molecule has 0 fully saturated rings. The van der Waals surface area contributed by atoms with Gasteiger partial charge in [0.05, 0.1) is 6.54 Å². The van der Waals surface area contributed by atoms with Gasteiger partial charge >= 0.3 is 0 Å². The van der Waals surface area contributed by atoms with Crippen molar-refractivity contribution in [3.05, 3.63) is 22.4 Å². The summed E-state index contributed by atoms with van der Waals surface area (Å²) in [7, 11) is 1.81. The molecule has 0 saturated heterocycles. The van der Waals surface area contributed by atoms with Crippen molar-refractivity contribution in [3.63, 3.8) is 0 Å². The molecule has 0 aliphatic rings. The zero-order chi connectivity index (χ0) is 13.4. The first-order valence-electron chi connectivity index (χ1n) is 6.48. The van der Waals surface area contributed by atoms with E-state index in [9.17, 15) is 0 Å². The first kappa shape index (κ1) is 18.7. The van der Waals surface area contributed by atoms with Crippen molar-refractivity contribution in [2.24, 2.45) is 10.4 Å². The average molecular weight is 395 g/mol. The second-order valence-electron chi connectivity index (χ2n) is 5.60. The summed E-state index contributed by atoms with van der Waals surface area (Å²) in [6, 6.07) is 4.20. The van der Waals surface area contributed by atoms with Gasteiger partial charge in [0, 0.05) is 18.5 Å². The van der Waals surface area contributed by atoms with Gasteiger partial charge in [-0.2, -0.15) is 0 Å². The normalized spacial score (nSPS) is 11.9.